The van der Waals surface area contributed by atoms with Gasteiger partial charge < -0.3 is 14.7 Å². The summed E-state index contributed by atoms with van der Waals surface area (Å²) >= 11 is 0. The van der Waals surface area contributed by atoms with Crippen LogP contribution in [-0.2, 0) is 14.3 Å². The average Bonchev–Trinajstić information content (AvgIpc) is 2.81. The van der Waals surface area contributed by atoms with E-state index in [2.05, 4.69) is 0 Å². The Bertz CT molecular complexity index is 299. The highest BCUT2D eigenvalue weighted by Crippen LogP contribution is 2.22. The van der Waals surface area contributed by atoms with Gasteiger partial charge in [-0.25, -0.2) is 0 Å². The molecule has 2 aliphatic rings. The Morgan fingerprint density at radius 1 is 1.29 bits per heavy atom. The largest absolute Gasteiger partial charge is 0.481 e. The second-order valence-corrected chi connectivity index (χ2v) is 4.89. The van der Waals surface area contributed by atoms with Crippen molar-refractivity contribution in [2.45, 2.75) is 38.2 Å². The molecule has 5 nitrogen and oxygen atoms in total. The van der Waals surface area contributed by atoms with Gasteiger partial charge in [0, 0.05) is 26.1 Å². The first kappa shape index (κ1) is 12.4. The van der Waals surface area contributed by atoms with Gasteiger partial charge in [0.1, 0.15) is 6.10 Å². The average molecular weight is 241 g/mol. The predicted molar refractivity (Wildman–Crippen MR) is 60.5 cm³/mol. The number of likely N-dealkylation sites (tertiary alicyclic amines) is 1. The smallest absolute Gasteiger partial charge is 0.303 e. The molecule has 0 aliphatic carbocycles. The number of carboxylic acid groups (broad SMARTS) is 1. The first-order chi connectivity index (χ1) is 8.16. The molecule has 1 amide bonds. The molecule has 2 aliphatic heterocycles. The minimum atomic E-state index is -0.776. The van der Waals surface area contributed by atoms with Crippen molar-refractivity contribution < 1.29 is 19.4 Å². The molecule has 0 saturated carbocycles. The first-order valence-electron chi connectivity index (χ1n) is 6.29. The molecule has 2 fully saturated rings. The lowest BCUT2D eigenvalue weighted by Gasteiger charge is -2.33. The summed E-state index contributed by atoms with van der Waals surface area (Å²) in [5.41, 5.74) is 0. The van der Waals surface area contributed by atoms with Gasteiger partial charge in [-0.3, -0.25) is 9.59 Å². The Balaban J connectivity index is 1.87. The molecule has 2 heterocycles. The number of hydrogen-bond acceptors (Lipinski definition) is 3. The normalized spacial score (nSPS) is 29.3. The fraction of sp³-hybridized carbons (Fsp3) is 0.833. The number of amides is 1. The fourth-order valence-electron chi connectivity index (χ4n) is 2.65. The van der Waals surface area contributed by atoms with Gasteiger partial charge in [-0.1, -0.05) is 0 Å². The predicted octanol–water partition coefficient (Wildman–Crippen LogP) is 0.879. The maximum atomic E-state index is 12.1. The zero-order valence-corrected chi connectivity index (χ0v) is 9.93. The van der Waals surface area contributed by atoms with Crippen LogP contribution >= 0.6 is 0 Å². The van der Waals surface area contributed by atoms with Crippen molar-refractivity contribution in [2.75, 3.05) is 19.7 Å². The summed E-state index contributed by atoms with van der Waals surface area (Å²) in [5, 5.41) is 8.77. The molecule has 0 aromatic carbocycles. The zero-order chi connectivity index (χ0) is 12.3. The number of carbonyl (C=O) groups is 2. The fourth-order valence-corrected chi connectivity index (χ4v) is 2.65. The standard InChI is InChI=1S/C12H19NO4/c14-11(15)7-9-3-1-5-13(8-9)12(16)10-4-2-6-17-10/h9-10H,1-8H2,(H,14,15)/t9?,10-/m0/s1. The van der Waals surface area contributed by atoms with Crippen molar-refractivity contribution in [3.05, 3.63) is 0 Å². The Labute approximate surface area is 101 Å². The first-order valence-corrected chi connectivity index (χ1v) is 6.29. The van der Waals surface area contributed by atoms with Crippen LogP contribution in [0.3, 0.4) is 0 Å². The van der Waals surface area contributed by atoms with Crippen LogP contribution in [0.5, 0.6) is 0 Å². The van der Waals surface area contributed by atoms with E-state index in [-0.39, 0.29) is 24.3 Å². The molecule has 0 spiro atoms. The number of rotatable bonds is 3. The number of piperidine rings is 1. The molecule has 0 bridgehead atoms. The van der Waals surface area contributed by atoms with Crippen molar-refractivity contribution in [3.8, 4) is 0 Å². The summed E-state index contributed by atoms with van der Waals surface area (Å²) in [5.74, 6) is -0.620. The van der Waals surface area contributed by atoms with Crippen LogP contribution < -0.4 is 0 Å². The van der Waals surface area contributed by atoms with Gasteiger partial charge in [0.25, 0.3) is 5.91 Å². The third-order valence-electron chi connectivity index (χ3n) is 3.50. The minimum absolute atomic E-state index is 0.0533. The molecule has 5 heteroatoms. The quantitative estimate of drug-likeness (QED) is 0.796. The SMILES string of the molecule is O=C(O)CC1CCCN(C(=O)[C@@H]2CCCO2)C1. The molecule has 2 rings (SSSR count). The molecule has 96 valence electrons. The zero-order valence-electron chi connectivity index (χ0n) is 9.93. The third kappa shape index (κ3) is 3.19. The number of aliphatic carboxylic acids is 1. The summed E-state index contributed by atoms with van der Waals surface area (Å²) in [7, 11) is 0. The molecule has 2 atom stereocenters. The number of carbonyl (C=O) groups excluding carboxylic acids is 1. The van der Waals surface area contributed by atoms with E-state index in [4.69, 9.17) is 9.84 Å². The summed E-state index contributed by atoms with van der Waals surface area (Å²) in [6.07, 6.45) is 3.44. The third-order valence-corrected chi connectivity index (χ3v) is 3.50. The van der Waals surface area contributed by atoms with E-state index in [0.717, 1.165) is 32.2 Å². The Morgan fingerprint density at radius 2 is 2.12 bits per heavy atom. The van der Waals surface area contributed by atoms with E-state index in [1.807, 2.05) is 0 Å². The lowest BCUT2D eigenvalue weighted by Crippen LogP contribution is -2.45. The Morgan fingerprint density at radius 3 is 2.76 bits per heavy atom. The van der Waals surface area contributed by atoms with Gasteiger partial charge in [-0.2, -0.15) is 0 Å². The van der Waals surface area contributed by atoms with Crippen LogP contribution in [0.2, 0.25) is 0 Å². The van der Waals surface area contributed by atoms with Crippen LogP contribution in [0.4, 0.5) is 0 Å². The lowest BCUT2D eigenvalue weighted by atomic mass is 9.94. The van der Waals surface area contributed by atoms with Gasteiger partial charge in [-0.15, -0.1) is 0 Å². The molecule has 0 aromatic rings. The number of hydrogen-bond donors (Lipinski definition) is 1. The van der Waals surface area contributed by atoms with Crippen molar-refractivity contribution in [3.63, 3.8) is 0 Å². The van der Waals surface area contributed by atoms with E-state index >= 15 is 0 Å². The highest BCUT2D eigenvalue weighted by molar-refractivity contribution is 5.81. The van der Waals surface area contributed by atoms with Gasteiger partial charge >= 0.3 is 5.97 Å². The van der Waals surface area contributed by atoms with Crippen LogP contribution in [-0.4, -0.2) is 47.7 Å². The number of carboxylic acids is 1. The lowest BCUT2D eigenvalue weighted by molar-refractivity contribution is -0.145. The monoisotopic (exact) mass is 241 g/mol. The summed E-state index contributed by atoms with van der Waals surface area (Å²) in [6, 6.07) is 0. The topological polar surface area (TPSA) is 66.8 Å². The molecule has 2 saturated heterocycles. The Hall–Kier alpha value is -1.10. The number of ether oxygens (including phenoxy) is 1. The molecule has 1 unspecified atom stereocenters. The molecular formula is C12H19NO4. The molecule has 0 radical (unpaired) electrons. The van der Waals surface area contributed by atoms with Crippen molar-refractivity contribution in [1.29, 1.82) is 0 Å². The maximum Gasteiger partial charge on any atom is 0.303 e. The van der Waals surface area contributed by atoms with E-state index in [9.17, 15) is 9.59 Å². The summed E-state index contributed by atoms with van der Waals surface area (Å²) in [6.45, 7) is 1.99. The van der Waals surface area contributed by atoms with Crippen molar-refractivity contribution in [1.82, 2.24) is 4.90 Å². The van der Waals surface area contributed by atoms with Crippen LogP contribution in [0.15, 0.2) is 0 Å². The molecule has 1 N–H and O–H groups in total. The highest BCUT2D eigenvalue weighted by atomic mass is 16.5. The molecule has 0 aromatic heterocycles. The van der Waals surface area contributed by atoms with Crippen LogP contribution in [0.25, 0.3) is 0 Å². The van der Waals surface area contributed by atoms with Gasteiger partial charge in [0.15, 0.2) is 0 Å². The second kappa shape index (κ2) is 5.49. The number of nitrogens with zero attached hydrogens (tertiary/aromatic N) is 1. The highest BCUT2D eigenvalue weighted by Gasteiger charge is 2.31. The van der Waals surface area contributed by atoms with Gasteiger partial charge in [-0.05, 0) is 31.6 Å². The van der Waals surface area contributed by atoms with Gasteiger partial charge in [0.2, 0.25) is 0 Å². The summed E-state index contributed by atoms with van der Waals surface area (Å²) < 4.78 is 5.38. The van der Waals surface area contributed by atoms with Crippen LogP contribution in [0.1, 0.15) is 32.1 Å². The second-order valence-electron chi connectivity index (χ2n) is 4.89. The minimum Gasteiger partial charge on any atom is -0.481 e. The molecular weight excluding hydrogens is 222 g/mol. The van der Waals surface area contributed by atoms with E-state index in [1.165, 1.54) is 0 Å². The van der Waals surface area contributed by atoms with Crippen LogP contribution in [0, 0.1) is 5.92 Å². The molecule has 17 heavy (non-hydrogen) atoms. The van der Waals surface area contributed by atoms with E-state index < -0.39 is 5.97 Å². The van der Waals surface area contributed by atoms with Crippen molar-refractivity contribution >= 4 is 11.9 Å². The van der Waals surface area contributed by atoms with Crippen molar-refractivity contribution in [2.24, 2.45) is 5.92 Å². The van der Waals surface area contributed by atoms with E-state index in [1.54, 1.807) is 4.90 Å². The van der Waals surface area contributed by atoms with E-state index in [0.29, 0.717) is 13.2 Å². The Kier molecular flexibility index (Phi) is 3.99. The summed E-state index contributed by atoms with van der Waals surface area (Å²) in [4.78, 5) is 24.5. The maximum absolute atomic E-state index is 12.1. The van der Waals surface area contributed by atoms with Gasteiger partial charge in [0.05, 0.1) is 0 Å².